The minimum absolute atomic E-state index is 0.0621. The molecule has 0 spiro atoms. The van der Waals surface area contributed by atoms with E-state index in [1.807, 2.05) is 71.0 Å². The van der Waals surface area contributed by atoms with Gasteiger partial charge in [-0.25, -0.2) is 8.42 Å². The van der Waals surface area contributed by atoms with Crippen molar-refractivity contribution in [2.75, 3.05) is 10.8 Å². The first-order valence-electron chi connectivity index (χ1n) is 13.3. The van der Waals surface area contributed by atoms with E-state index < -0.39 is 28.5 Å². The number of amides is 2. The molecular weight excluding hydrogens is 590 g/mol. The van der Waals surface area contributed by atoms with Crippen molar-refractivity contribution in [2.24, 2.45) is 0 Å². The lowest BCUT2D eigenvalue weighted by atomic mass is 10.1. The van der Waals surface area contributed by atoms with Gasteiger partial charge < -0.3 is 10.2 Å². The molecule has 3 rings (SSSR count). The first-order valence-corrected chi connectivity index (χ1v) is 15.6. The van der Waals surface area contributed by atoms with Gasteiger partial charge >= 0.3 is 0 Å². The number of nitrogens with zero attached hydrogens (tertiary/aromatic N) is 2. The summed E-state index contributed by atoms with van der Waals surface area (Å²) in [6.45, 7) is 10.8. The Morgan fingerprint density at radius 3 is 2.10 bits per heavy atom. The van der Waals surface area contributed by atoms with Crippen LogP contribution in [0.15, 0.2) is 76.1 Å². The molecule has 0 aromatic heterocycles. The van der Waals surface area contributed by atoms with Crippen LogP contribution in [0.1, 0.15) is 49.4 Å². The van der Waals surface area contributed by atoms with Crippen LogP contribution in [0, 0.1) is 20.8 Å². The number of hydrogen-bond acceptors (Lipinski definition) is 4. The molecule has 9 heteroatoms. The second-order valence-electron chi connectivity index (χ2n) is 10.3. The van der Waals surface area contributed by atoms with Crippen molar-refractivity contribution >= 4 is 43.5 Å². The Bertz CT molecular complexity index is 1440. The van der Waals surface area contributed by atoms with Crippen molar-refractivity contribution in [3.63, 3.8) is 0 Å². The van der Waals surface area contributed by atoms with Crippen molar-refractivity contribution in [3.8, 4) is 0 Å². The number of rotatable bonds is 11. The van der Waals surface area contributed by atoms with E-state index in [2.05, 4.69) is 21.2 Å². The van der Waals surface area contributed by atoms with Gasteiger partial charge in [-0.2, -0.15) is 0 Å². The highest BCUT2D eigenvalue weighted by Crippen LogP contribution is 2.29. The first-order chi connectivity index (χ1) is 18.8. The number of benzene rings is 3. The van der Waals surface area contributed by atoms with Crippen molar-refractivity contribution in [1.82, 2.24) is 10.2 Å². The van der Waals surface area contributed by atoms with Crippen molar-refractivity contribution in [3.05, 3.63) is 93.5 Å². The number of nitrogens with one attached hydrogen (secondary N) is 1. The largest absolute Gasteiger partial charge is 0.352 e. The van der Waals surface area contributed by atoms with E-state index in [0.29, 0.717) is 5.69 Å². The lowest BCUT2D eigenvalue weighted by Crippen LogP contribution is -2.52. The van der Waals surface area contributed by atoms with E-state index >= 15 is 0 Å². The fourth-order valence-electron chi connectivity index (χ4n) is 4.17. The van der Waals surface area contributed by atoms with Gasteiger partial charge in [0.25, 0.3) is 10.0 Å². The summed E-state index contributed by atoms with van der Waals surface area (Å²) in [5.74, 6) is -0.772. The summed E-state index contributed by atoms with van der Waals surface area (Å²) in [6.07, 6.45) is 0.744. The van der Waals surface area contributed by atoms with Gasteiger partial charge in [-0.3, -0.25) is 13.9 Å². The van der Waals surface area contributed by atoms with Crippen molar-refractivity contribution in [1.29, 1.82) is 0 Å². The predicted octanol–water partition coefficient (Wildman–Crippen LogP) is 5.90. The van der Waals surface area contributed by atoms with Gasteiger partial charge in [0.1, 0.15) is 12.6 Å². The minimum Gasteiger partial charge on any atom is -0.352 e. The Hall–Kier alpha value is -3.17. The summed E-state index contributed by atoms with van der Waals surface area (Å²) in [5, 5.41) is 2.95. The molecule has 0 saturated carbocycles. The number of anilines is 1. The number of carbonyl (C=O) groups excluding carboxylic acids is 2. The molecule has 40 heavy (non-hydrogen) atoms. The molecule has 0 saturated heterocycles. The Balaban J connectivity index is 2.06. The SMILES string of the molecule is CC[C@@H](C)NC(=O)[C@H](C)N(Cc1ccc(Br)cc1)C(=O)CN(c1cc(C)ccc1C)S(=O)(=O)c1ccc(C)cc1. The molecule has 2 amide bonds. The Morgan fingerprint density at radius 1 is 0.900 bits per heavy atom. The highest BCUT2D eigenvalue weighted by molar-refractivity contribution is 9.10. The first kappa shape index (κ1) is 31.4. The third kappa shape index (κ3) is 7.73. The third-order valence-corrected chi connectivity index (χ3v) is 9.26. The zero-order valence-corrected chi connectivity index (χ0v) is 26.3. The molecule has 1 N–H and O–H groups in total. The fraction of sp³-hybridized carbons (Fsp3) is 0.355. The van der Waals surface area contributed by atoms with Crippen LogP contribution < -0.4 is 9.62 Å². The van der Waals surface area contributed by atoms with Crippen molar-refractivity contribution < 1.29 is 18.0 Å². The monoisotopic (exact) mass is 627 g/mol. The number of carbonyl (C=O) groups is 2. The molecule has 3 aromatic carbocycles. The molecule has 7 nitrogen and oxygen atoms in total. The average molecular weight is 629 g/mol. The minimum atomic E-state index is -4.11. The quantitative estimate of drug-likeness (QED) is 0.287. The summed E-state index contributed by atoms with van der Waals surface area (Å²) in [6, 6.07) is 18.7. The molecule has 2 atom stereocenters. The molecule has 214 valence electrons. The van der Waals surface area contributed by atoms with Gasteiger partial charge in [-0.05, 0) is 88.1 Å². The zero-order chi connectivity index (χ0) is 29.6. The molecule has 0 unspecified atom stereocenters. The van der Waals surface area contributed by atoms with Crippen LogP contribution in [0.4, 0.5) is 5.69 Å². The summed E-state index contributed by atoms with van der Waals surface area (Å²) >= 11 is 3.43. The van der Waals surface area contributed by atoms with Crippen LogP contribution >= 0.6 is 15.9 Å². The maximum atomic E-state index is 14.1. The molecule has 3 aromatic rings. The lowest BCUT2D eigenvalue weighted by molar-refractivity contribution is -0.139. The average Bonchev–Trinajstić information content (AvgIpc) is 2.92. The Kier molecular flexibility index (Phi) is 10.6. The maximum Gasteiger partial charge on any atom is 0.264 e. The number of hydrogen-bond donors (Lipinski definition) is 1. The van der Waals surface area contributed by atoms with Crippen molar-refractivity contribution in [2.45, 2.75) is 71.5 Å². The molecule has 0 aliphatic carbocycles. The van der Waals surface area contributed by atoms with Crippen LogP contribution in [0.5, 0.6) is 0 Å². The van der Waals surface area contributed by atoms with E-state index in [4.69, 9.17) is 0 Å². The molecule has 0 radical (unpaired) electrons. The van der Waals surface area contributed by atoms with E-state index in [0.717, 1.165) is 37.5 Å². The van der Waals surface area contributed by atoms with E-state index in [1.165, 1.54) is 4.90 Å². The molecular formula is C31H38BrN3O4S. The highest BCUT2D eigenvalue weighted by atomic mass is 79.9. The van der Waals surface area contributed by atoms with Gasteiger partial charge in [0.05, 0.1) is 10.6 Å². The van der Waals surface area contributed by atoms with Gasteiger partial charge in [0, 0.05) is 17.1 Å². The second kappa shape index (κ2) is 13.5. The molecule has 0 fully saturated rings. The maximum absolute atomic E-state index is 14.1. The fourth-order valence-corrected chi connectivity index (χ4v) is 5.91. The highest BCUT2D eigenvalue weighted by Gasteiger charge is 2.33. The van der Waals surface area contributed by atoms with Crippen LogP contribution in [-0.4, -0.2) is 43.8 Å². The number of sulfonamides is 1. The second-order valence-corrected chi connectivity index (χ2v) is 13.0. The van der Waals surface area contributed by atoms with E-state index in [-0.39, 0.29) is 23.4 Å². The summed E-state index contributed by atoms with van der Waals surface area (Å²) in [5.41, 5.74) is 3.75. The molecule has 0 aliphatic heterocycles. The van der Waals surface area contributed by atoms with Gasteiger partial charge in [-0.1, -0.05) is 64.8 Å². The van der Waals surface area contributed by atoms with Crippen LogP contribution in [0.25, 0.3) is 0 Å². The summed E-state index contributed by atoms with van der Waals surface area (Å²) in [4.78, 5) is 28.8. The summed E-state index contributed by atoms with van der Waals surface area (Å²) in [7, 11) is -4.11. The lowest BCUT2D eigenvalue weighted by Gasteiger charge is -2.33. The van der Waals surface area contributed by atoms with Crippen LogP contribution in [-0.2, 0) is 26.2 Å². The Labute approximate surface area is 246 Å². The molecule has 0 bridgehead atoms. The topological polar surface area (TPSA) is 86.8 Å². The van der Waals surface area contributed by atoms with Crippen LogP contribution in [0.2, 0.25) is 0 Å². The molecule has 0 heterocycles. The predicted molar refractivity (Wildman–Crippen MR) is 164 cm³/mol. The smallest absolute Gasteiger partial charge is 0.264 e. The van der Waals surface area contributed by atoms with Crippen LogP contribution in [0.3, 0.4) is 0 Å². The van der Waals surface area contributed by atoms with E-state index in [9.17, 15) is 18.0 Å². The number of aryl methyl sites for hydroxylation is 3. The van der Waals surface area contributed by atoms with E-state index in [1.54, 1.807) is 37.3 Å². The van der Waals surface area contributed by atoms with Gasteiger partial charge in [0.15, 0.2) is 0 Å². The zero-order valence-electron chi connectivity index (χ0n) is 23.9. The molecule has 0 aliphatic rings. The van der Waals surface area contributed by atoms with Gasteiger partial charge in [0.2, 0.25) is 11.8 Å². The normalized spacial score (nSPS) is 12.9. The summed E-state index contributed by atoms with van der Waals surface area (Å²) < 4.78 is 30.1. The van der Waals surface area contributed by atoms with Gasteiger partial charge in [-0.15, -0.1) is 0 Å². The third-order valence-electron chi connectivity index (χ3n) is 6.96. The Morgan fingerprint density at radius 2 is 1.50 bits per heavy atom. The number of halogens is 1. The standard InChI is InChI=1S/C31H38BrN3O4S/c1-7-24(5)33-31(37)25(6)34(19-26-12-14-27(32)15-13-26)30(36)20-35(29-18-22(3)8-11-23(29)4)40(38,39)28-16-9-21(2)10-17-28/h8-18,24-25H,7,19-20H2,1-6H3,(H,33,37)/t24-,25+/m1/s1.